The molecular formula is C12H20N2O4. The number of hydrogen-bond acceptors (Lipinski definition) is 3. The van der Waals surface area contributed by atoms with Gasteiger partial charge in [0.25, 0.3) is 0 Å². The van der Waals surface area contributed by atoms with Gasteiger partial charge in [-0.2, -0.15) is 0 Å². The Morgan fingerprint density at radius 1 is 1.39 bits per heavy atom. The van der Waals surface area contributed by atoms with E-state index in [1.165, 1.54) is 24.2 Å². The summed E-state index contributed by atoms with van der Waals surface area (Å²) in [5.74, 6) is -0.932. The van der Waals surface area contributed by atoms with Gasteiger partial charge in [0.05, 0.1) is 19.3 Å². The molecule has 2 unspecified atom stereocenters. The van der Waals surface area contributed by atoms with Crippen molar-refractivity contribution in [3.63, 3.8) is 0 Å². The van der Waals surface area contributed by atoms with E-state index in [0.717, 1.165) is 0 Å². The number of carbonyl (C=O) groups is 2. The highest BCUT2D eigenvalue weighted by atomic mass is 16.5. The highest BCUT2D eigenvalue weighted by Crippen LogP contribution is 2.25. The minimum Gasteiger partial charge on any atom is -0.481 e. The molecule has 0 bridgehead atoms. The lowest BCUT2D eigenvalue weighted by Gasteiger charge is -2.29. The minimum atomic E-state index is -0.906. The monoisotopic (exact) mass is 256 g/mol. The molecule has 6 heteroatoms. The molecule has 0 spiro atoms. The van der Waals surface area contributed by atoms with Crippen LogP contribution in [0.15, 0.2) is 0 Å². The lowest BCUT2D eigenvalue weighted by molar-refractivity contribution is -0.142. The van der Waals surface area contributed by atoms with Gasteiger partial charge in [0, 0.05) is 13.6 Å². The van der Waals surface area contributed by atoms with Crippen LogP contribution in [0.4, 0.5) is 4.79 Å². The second-order valence-corrected chi connectivity index (χ2v) is 5.14. The van der Waals surface area contributed by atoms with Gasteiger partial charge in [0.15, 0.2) is 0 Å². The van der Waals surface area contributed by atoms with Crippen molar-refractivity contribution in [2.75, 3.05) is 26.8 Å². The van der Waals surface area contributed by atoms with E-state index in [9.17, 15) is 9.59 Å². The molecule has 0 aromatic heterocycles. The van der Waals surface area contributed by atoms with Gasteiger partial charge in [0.1, 0.15) is 5.92 Å². The second kappa shape index (κ2) is 5.56. The molecule has 1 saturated carbocycles. The summed E-state index contributed by atoms with van der Waals surface area (Å²) < 4.78 is 5.16. The number of hydrogen-bond donors (Lipinski definition) is 2. The first-order valence-corrected chi connectivity index (χ1v) is 6.41. The first-order chi connectivity index (χ1) is 8.59. The third kappa shape index (κ3) is 2.75. The van der Waals surface area contributed by atoms with Gasteiger partial charge in [-0.25, -0.2) is 4.79 Å². The van der Waals surface area contributed by atoms with Gasteiger partial charge >= 0.3 is 12.0 Å². The van der Waals surface area contributed by atoms with E-state index < -0.39 is 11.9 Å². The molecule has 18 heavy (non-hydrogen) atoms. The Morgan fingerprint density at radius 2 is 2.11 bits per heavy atom. The summed E-state index contributed by atoms with van der Waals surface area (Å²) in [5, 5.41) is 11.9. The fourth-order valence-electron chi connectivity index (χ4n) is 2.36. The fraction of sp³-hybridized carbons (Fsp3) is 0.833. The number of likely N-dealkylation sites (N-methyl/N-ethyl adjacent to an activating group) is 1. The van der Waals surface area contributed by atoms with Crippen LogP contribution in [0.1, 0.15) is 19.3 Å². The highest BCUT2D eigenvalue weighted by molar-refractivity contribution is 5.77. The predicted octanol–water partition coefficient (Wildman–Crippen LogP) is 0.527. The third-order valence-corrected chi connectivity index (χ3v) is 3.95. The molecule has 6 nitrogen and oxygen atoms in total. The average Bonchev–Trinajstić information content (AvgIpc) is 2.74. The summed E-state index contributed by atoms with van der Waals surface area (Å²) >= 11 is 0. The van der Waals surface area contributed by atoms with Gasteiger partial charge in [-0.15, -0.1) is 0 Å². The zero-order valence-corrected chi connectivity index (χ0v) is 10.6. The molecular weight excluding hydrogens is 236 g/mol. The van der Waals surface area contributed by atoms with Crippen LogP contribution in [-0.2, 0) is 9.53 Å². The van der Waals surface area contributed by atoms with Crippen LogP contribution in [0.25, 0.3) is 0 Å². The second-order valence-electron chi connectivity index (χ2n) is 5.14. The smallest absolute Gasteiger partial charge is 0.317 e. The summed E-state index contributed by atoms with van der Waals surface area (Å²) in [6.45, 7) is 1.17. The SMILES string of the molecule is CN(C(=O)NCC1CCC1)C1COCC1C(=O)O. The van der Waals surface area contributed by atoms with Crippen LogP contribution in [0, 0.1) is 11.8 Å². The van der Waals surface area contributed by atoms with Crippen molar-refractivity contribution >= 4 is 12.0 Å². The quantitative estimate of drug-likeness (QED) is 0.769. The maximum atomic E-state index is 11.9. The Morgan fingerprint density at radius 3 is 2.67 bits per heavy atom. The number of amides is 2. The van der Waals surface area contributed by atoms with Crippen LogP contribution in [-0.4, -0.2) is 54.9 Å². The number of carbonyl (C=O) groups excluding carboxylic acids is 1. The summed E-state index contributed by atoms with van der Waals surface area (Å²) in [5.41, 5.74) is 0. The number of nitrogens with one attached hydrogen (secondary N) is 1. The first-order valence-electron chi connectivity index (χ1n) is 6.41. The average molecular weight is 256 g/mol. The number of rotatable bonds is 4. The third-order valence-electron chi connectivity index (χ3n) is 3.95. The number of nitrogens with zero attached hydrogens (tertiary/aromatic N) is 1. The molecule has 2 aliphatic rings. The lowest BCUT2D eigenvalue weighted by atomic mass is 9.85. The minimum absolute atomic E-state index is 0.181. The van der Waals surface area contributed by atoms with Gasteiger partial charge in [-0.1, -0.05) is 6.42 Å². The summed E-state index contributed by atoms with van der Waals surface area (Å²) in [6, 6.07) is -0.576. The van der Waals surface area contributed by atoms with Crippen LogP contribution in [0.2, 0.25) is 0 Å². The molecule has 2 atom stereocenters. The van der Waals surface area contributed by atoms with Crippen molar-refractivity contribution in [2.24, 2.45) is 11.8 Å². The van der Waals surface area contributed by atoms with E-state index in [4.69, 9.17) is 9.84 Å². The molecule has 0 aromatic carbocycles. The molecule has 0 radical (unpaired) electrons. The molecule has 1 aliphatic heterocycles. The largest absolute Gasteiger partial charge is 0.481 e. The summed E-state index contributed by atoms with van der Waals surface area (Å²) in [7, 11) is 1.63. The Hall–Kier alpha value is -1.30. The Balaban J connectivity index is 1.82. The molecule has 1 aliphatic carbocycles. The fourth-order valence-corrected chi connectivity index (χ4v) is 2.36. The topological polar surface area (TPSA) is 78.9 Å². The van der Waals surface area contributed by atoms with E-state index in [-0.39, 0.29) is 18.7 Å². The Labute approximate surface area is 106 Å². The number of carboxylic acid groups (broad SMARTS) is 1. The maximum Gasteiger partial charge on any atom is 0.317 e. The van der Waals surface area contributed by atoms with Gasteiger partial charge in [0.2, 0.25) is 0 Å². The van der Waals surface area contributed by atoms with Gasteiger partial charge in [-0.05, 0) is 18.8 Å². The van der Waals surface area contributed by atoms with E-state index in [0.29, 0.717) is 19.1 Å². The summed E-state index contributed by atoms with van der Waals surface area (Å²) in [6.07, 6.45) is 3.59. The van der Waals surface area contributed by atoms with Crippen LogP contribution in [0.5, 0.6) is 0 Å². The molecule has 102 valence electrons. The van der Waals surface area contributed by atoms with Crippen molar-refractivity contribution in [2.45, 2.75) is 25.3 Å². The highest BCUT2D eigenvalue weighted by Gasteiger charge is 2.38. The van der Waals surface area contributed by atoms with E-state index in [2.05, 4.69) is 5.32 Å². The van der Waals surface area contributed by atoms with Crippen molar-refractivity contribution in [1.82, 2.24) is 10.2 Å². The molecule has 0 aromatic rings. The standard InChI is InChI=1S/C12H20N2O4/c1-14(10-7-18-6-9(10)11(15)16)12(17)13-5-8-3-2-4-8/h8-10H,2-7H2,1H3,(H,13,17)(H,15,16). The van der Waals surface area contributed by atoms with E-state index in [1.54, 1.807) is 7.05 Å². The molecule has 1 heterocycles. The molecule has 2 rings (SSSR count). The van der Waals surface area contributed by atoms with Crippen molar-refractivity contribution in [1.29, 1.82) is 0 Å². The van der Waals surface area contributed by atoms with E-state index in [1.807, 2.05) is 0 Å². The van der Waals surface area contributed by atoms with Crippen molar-refractivity contribution < 1.29 is 19.4 Å². The Bertz CT molecular complexity index is 330. The van der Waals surface area contributed by atoms with Crippen LogP contribution >= 0.6 is 0 Å². The zero-order valence-electron chi connectivity index (χ0n) is 10.6. The Kier molecular flexibility index (Phi) is 4.06. The van der Waals surface area contributed by atoms with Crippen LogP contribution < -0.4 is 5.32 Å². The number of ether oxygens (including phenoxy) is 1. The maximum absolute atomic E-state index is 11.9. The van der Waals surface area contributed by atoms with E-state index >= 15 is 0 Å². The summed E-state index contributed by atoms with van der Waals surface area (Å²) in [4.78, 5) is 24.4. The zero-order chi connectivity index (χ0) is 13.1. The molecule has 2 amide bonds. The van der Waals surface area contributed by atoms with Crippen LogP contribution in [0.3, 0.4) is 0 Å². The molecule has 1 saturated heterocycles. The number of aliphatic carboxylic acids is 1. The van der Waals surface area contributed by atoms with Gasteiger partial charge in [-0.3, -0.25) is 4.79 Å². The van der Waals surface area contributed by atoms with Gasteiger partial charge < -0.3 is 20.1 Å². The van der Waals surface area contributed by atoms with Crippen molar-refractivity contribution in [3.8, 4) is 0 Å². The lowest BCUT2D eigenvalue weighted by Crippen LogP contribution is -2.49. The molecule has 2 fully saturated rings. The normalized spacial score (nSPS) is 27.6. The first kappa shape index (κ1) is 13.1. The van der Waals surface area contributed by atoms with Crippen molar-refractivity contribution in [3.05, 3.63) is 0 Å². The predicted molar refractivity (Wildman–Crippen MR) is 64.2 cm³/mol. The number of carboxylic acids is 1. The number of urea groups is 1. The molecule has 2 N–H and O–H groups in total.